The fraction of sp³-hybridized carbons (Fsp3) is 0.0833. The lowest BCUT2D eigenvalue weighted by Gasteiger charge is -2.11. The van der Waals surface area contributed by atoms with Crippen LogP contribution in [-0.2, 0) is 16.2 Å². The molecule has 2 aromatic rings. The van der Waals surface area contributed by atoms with E-state index in [4.69, 9.17) is 5.11 Å². The number of nitrogens with one attached hydrogen (secondary N) is 1. The van der Waals surface area contributed by atoms with Crippen molar-refractivity contribution in [2.75, 3.05) is 4.72 Å². The predicted molar refractivity (Wildman–Crippen MR) is 67.9 cm³/mol. The number of furan rings is 1. The van der Waals surface area contributed by atoms with Gasteiger partial charge in [0.1, 0.15) is 0 Å². The van der Waals surface area contributed by atoms with Crippen molar-refractivity contribution in [1.82, 2.24) is 0 Å². The van der Waals surface area contributed by atoms with Gasteiger partial charge in [-0.25, -0.2) is 4.79 Å². The molecule has 0 saturated heterocycles. The first-order chi connectivity index (χ1) is 10.1. The summed E-state index contributed by atoms with van der Waals surface area (Å²) >= 11 is 0. The smallest absolute Gasteiger partial charge is 0.416 e. The number of halogens is 3. The Morgan fingerprint density at radius 1 is 1.23 bits per heavy atom. The van der Waals surface area contributed by atoms with Crippen molar-refractivity contribution in [3.63, 3.8) is 0 Å². The van der Waals surface area contributed by atoms with Crippen LogP contribution in [0.5, 0.6) is 0 Å². The molecular formula is C12H8F3NO5S. The maximum Gasteiger partial charge on any atom is 0.416 e. The van der Waals surface area contributed by atoms with Gasteiger partial charge in [-0.1, -0.05) is 0 Å². The minimum absolute atomic E-state index is 0.410. The number of alkyl halides is 3. The van der Waals surface area contributed by atoms with E-state index in [1.807, 2.05) is 4.72 Å². The highest BCUT2D eigenvalue weighted by molar-refractivity contribution is 7.92. The van der Waals surface area contributed by atoms with E-state index in [2.05, 4.69) is 4.42 Å². The number of hydrogen-bond donors (Lipinski definition) is 2. The summed E-state index contributed by atoms with van der Waals surface area (Å²) in [6, 6.07) is 4.05. The van der Waals surface area contributed by atoms with Gasteiger partial charge in [-0.2, -0.15) is 21.6 Å². The van der Waals surface area contributed by atoms with Crippen LogP contribution in [0.1, 0.15) is 15.9 Å². The van der Waals surface area contributed by atoms with Gasteiger partial charge in [-0.05, 0) is 30.3 Å². The summed E-state index contributed by atoms with van der Waals surface area (Å²) in [7, 11) is -4.25. The average Bonchev–Trinajstić information content (AvgIpc) is 2.91. The highest BCUT2D eigenvalue weighted by Crippen LogP contribution is 2.32. The molecule has 1 heterocycles. The fourth-order valence-corrected chi connectivity index (χ4v) is 2.56. The maximum atomic E-state index is 12.7. The van der Waals surface area contributed by atoms with E-state index in [0.717, 1.165) is 18.4 Å². The molecule has 0 amide bonds. The molecule has 0 spiro atoms. The molecule has 0 fully saturated rings. The number of carboxylic acids is 1. The fourth-order valence-electron chi connectivity index (χ4n) is 1.60. The first-order valence-electron chi connectivity index (χ1n) is 5.61. The molecule has 0 aliphatic heterocycles. The predicted octanol–water partition coefficient (Wildman–Crippen LogP) is 2.80. The van der Waals surface area contributed by atoms with Gasteiger partial charge in [0.2, 0.25) is 5.09 Å². The highest BCUT2D eigenvalue weighted by Gasteiger charge is 2.32. The minimum Gasteiger partial charge on any atom is -0.478 e. The van der Waals surface area contributed by atoms with Gasteiger partial charge in [0.15, 0.2) is 0 Å². The third kappa shape index (κ3) is 3.39. The van der Waals surface area contributed by atoms with Crippen molar-refractivity contribution in [2.24, 2.45) is 0 Å². The molecular weight excluding hydrogens is 327 g/mol. The van der Waals surface area contributed by atoms with Gasteiger partial charge < -0.3 is 9.52 Å². The molecule has 10 heteroatoms. The van der Waals surface area contributed by atoms with Crippen molar-refractivity contribution in [3.05, 3.63) is 47.7 Å². The molecule has 6 nitrogen and oxygen atoms in total. The number of sulfonamides is 1. The summed E-state index contributed by atoms with van der Waals surface area (Å²) in [5, 5.41) is 8.31. The third-order valence-corrected chi connectivity index (χ3v) is 3.79. The molecule has 0 atom stereocenters. The number of rotatable bonds is 4. The maximum absolute atomic E-state index is 12.7. The Kier molecular flexibility index (Phi) is 3.88. The Labute approximate surface area is 122 Å². The van der Waals surface area contributed by atoms with Crippen LogP contribution in [0.15, 0.2) is 46.1 Å². The molecule has 0 aliphatic carbocycles. The molecule has 118 valence electrons. The van der Waals surface area contributed by atoms with Crippen molar-refractivity contribution in [3.8, 4) is 0 Å². The Hall–Kier alpha value is -2.49. The van der Waals surface area contributed by atoms with Crippen LogP contribution in [-0.4, -0.2) is 19.5 Å². The SMILES string of the molecule is O=C(O)c1cc(NS(=O)(=O)c2ccco2)cc(C(F)(F)F)c1. The monoisotopic (exact) mass is 335 g/mol. The van der Waals surface area contributed by atoms with Crippen LogP contribution in [0.2, 0.25) is 0 Å². The summed E-state index contributed by atoms with van der Waals surface area (Å²) in [5.41, 5.74) is -2.53. The van der Waals surface area contributed by atoms with Crippen LogP contribution < -0.4 is 4.72 Å². The first kappa shape index (κ1) is 15.9. The molecule has 0 unspecified atom stereocenters. The molecule has 2 N–H and O–H groups in total. The molecule has 0 aliphatic rings. The molecule has 0 radical (unpaired) electrons. The second-order valence-corrected chi connectivity index (χ2v) is 5.75. The quantitative estimate of drug-likeness (QED) is 0.895. The molecule has 1 aromatic heterocycles. The molecule has 1 aromatic carbocycles. The highest BCUT2D eigenvalue weighted by atomic mass is 32.2. The summed E-state index contributed by atoms with van der Waals surface area (Å²) in [6.07, 6.45) is -3.75. The van der Waals surface area contributed by atoms with E-state index in [-0.39, 0.29) is 0 Å². The van der Waals surface area contributed by atoms with Crippen molar-refractivity contribution in [1.29, 1.82) is 0 Å². The lowest BCUT2D eigenvalue weighted by atomic mass is 10.1. The van der Waals surface area contributed by atoms with E-state index in [1.165, 1.54) is 6.07 Å². The van der Waals surface area contributed by atoms with Gasteiger partial charge in [0.25, 0.3) is 10.0 Å². The van der Waals surface area contributed by atoms with E-state index in [1.54, 1.807) is 0 Å². The molecule has 0 bridgehead atoms. The number of hydrogen-bond acceptors (Lipinski definition) is 4. The van der Waals surface area contributed by atoms with Crippen LogP contribution >= 0.6 is 0 Å². The summed E-state index contributed by atoms with van der Waals surface area (Å²) in [5.74, 6) is -1.62. The molecule has 0 saturated carbocycles. The van der Waals surface area contributed by atoms with Crippen LogP contribution in [0.25, 0.3) is 0 Å². The van der Waals surface area contributed by atoms with Gasteiger partial charge in [0.05, 0.1) is 23.1 Å². The van der Waals surface area contributed by atoms with Gasteiger partial charge >= 0.3 is 12.1 Å². The van der Waals surface area contributed by atoms with Crippen LogP contribution in [0.4, 0.5) is 18.9 Å². The van der Waals surface area contributed by atoms with Gasteiger partial charge in [-0.3, -0.25) is 4.72 Å². The lowest BCUT2D eigenvalue weighted by Crippen LogP contribution is -2.14. The zero-order valence-corrected chi connectivity index (χ0v) is 11.4. The second-order valence-electron chi connectivity index (χ2n) is 4.14. The summed E-state index contributed by atoms with van der Waals surface area (Å²) in [4.78, 5) is 10.9. The van der Waals surface area contributed by atoms with E-state index < -0.39 is 44.1 Å². The number of anilines is 1. The Morgan fingerprint density at radius 2 is 1.91 bits per heavy atom. The molecule has 2 rings (SSSR count). The van der Waals surface area contributed by atoms with Crippen molar-refractivity contribution < 1.29 is 35.9 Å². The summed E-state index contributed by atoms with van der Waals surface area (Å²) in [6.45, 7) is 0. The normalized spacial score (nSPS) is 12.1. The van der Waals surface area contributed by atoms with Crippen LogP contribution in [0.3, 0.4) is 0 Å². The van der Waals surface area contributed by atoms with E-state index in [9.17, 15) is 26.4 Å². The number of carboxylic acid groups (broad SMARTS) is 1. The minimum atomic E-state index is -4.82. The largest absolute Gasteiger partial charge is 0.478 e. The van der Waals surface area contributed by atoms with E-state index >= 15 is 0 Å². The van der Waals surface area contributed by atoms with Gasteiger partial charge in [0, 0.05) is 0 Å². The standard InChI is InChI=1S/C12H8F3NO5S/c13-12(14,15)8-4-7(11(17)18)5-9(6-8)16-22(19,20)10-2-1-3-21-10/h1-6,16H,(H,17,18). The lowest BCUT2D eigenvalue weighted by molar-refractivity contribution is -0.137. The first-order valence-corrected chi connectivity index (χ1v) is 7.10. The molecule has 22 heavy (non-hydrogen) atoms. The Balaban J connectivity index is 2.47. The van der Waals surface area contributed by atoms with E-state index in [0.29, 0.717) is 12.1 Å². The Bertz CT molecular complexity index is 797. The van der Waals surface area contributed by atoms with Gasteiger partial charge in [-0.15, -0.1) is 0 Å². The topological polar surface area (TPSA) is 96.6 Å². The second kappa shape index (κ2) is 5.37. The number of aromatic carboxylic acids is 1. The summed E-state index contributed by atoms with van der Waals surface area (Å²) < 4.78 is 68.4. The zero-order chi connectivity index (χ0) is 16.5. The number of benzene rings is 1. The number of carbonyl (C=O) groups is 1. The van der Waals surface area contributed by atoms with Crippen molar-refractivity contribution in [2.45, 2.75) is 11.3 Å². The van der Waals surface area contributed by atoms with Crippen molar-refractivity contribution >= 4 is 21.7 Å². The third-order valence-electron chi connectivity index (χ3n) is 2.52. The average molecular weight is 335 g/mol. The van der Waals surface area contributed by atoms with Crippen LogP contribution in [0, 0.1) is 0 Å². The zero-order valence-electron chi connectivity index (χ0n) is 10.6. The Morgan fingerprint density at radius 3 is 2.41 bits per heavy atom.